The van der Waals surface area contributed by atoms with E-state index in [1.165, 1.54) is 0 Å². The van der Waals surface area contributed by atoms with E-state index in [0.717, 1.165) is 10.8 Å². The molecule has 1 aliphatic rings. The molecule has 0 saturated heterocycles. The van der Waals surface area contributed by atoms with Gasteiger partial charge in [-0.2, -0.15) is 0 Å². The molecule has 3 aromatic carbocycles. The molecule has 1 aliphatic heterocycles. The molecule has 3 aromatic rings. The molecule has 0 unspecified atom stereocenters. The Hall–Kier alpha value is -3.21. The van der Waals surface area contributed by atoms with E-state index in [-0.39, 0.29) is 12.7 Å². The van der Waals surface area contributed by atoms with Gasteiger partial charge < -0.3 is 19.5 Å². The summed E-state index contributed by atoms with van der Waals surface area (Å²) in [7, 11) is 0. The van der Waals surface area contributed by atoms with Crippen LogP contribution < -0.4 is 19.5 Å². The number of hydrogen-bond donors (Lipinski definition) is 1. The van der Waals surface area contributed by atoms with Gasteiger partial charge in [-0.15, -0.1) is 0 Å². The van der Waals surface area contributed by atoms with E-state index in [0.29, 0.717) is 22.9 Å². The van der Waals surface area contributed by atoms with Crippen LogP contribution in [0.4, 0.5) is 5.69 Å². The molecule has 0 bridgehead atoms. The summed E-state index contributed by atoms with van der Waals surface area (Å²) in [4.78, 5) is 12.4. The second-order valence-electron chi connectivity index (χ2n) is 5.79. The van der Waals surface area contributed by atoms with Crippen LogP contribution in [-0.4, -0.2) is 18.8 Å². The summed E-state index contributed by atoms with van der Waals surface area (Å²) in [6.07, 6.45) is -0.642. The van der Waals surface area contributed by atoms with Crippen molar-refractivity contribution in [2.75, 3.05) is 12.1 Å². The molecule has 0 radical (unpaired) electrons. The molecule has 5 heteroatoms. The summed E-state index contributed by atoms with van der Waals surface area (Å²) >= 11 is 0. The lowest BCUT2D eigenvalue weighted by molar-refractivity contribution is -0.122. The van der Waals surface area contributed by atoms with Gasteiger partial charge in [0.2, 0.25) is 6.79 Å². The van der Waals surface area contributed by atoms with E-state index in [1.54, 1.807) is 25.1 Å². The first-order valence-corrected chi connectivity index (χ1v) is 8.05. The number of carbonyl (C=O) groups is 1. The minimum atomic E-state index is -0.642. The Bertz CT molecular complexity index is 933. The highest BCUT2D eigenvalue weighted by atomic mass is 16.7. The van der Waals surface area contributed by atoms with Crippen molar-refractivity contribution in [1.29, 1.82) is 0 Å². The van der Waals surface area contributed by atoms with Gasteiger partial charge in [0.25, 0.3) is 5.91 Å². The van der Waals surface area contributed by atoms with E-state index in [4.69, 9.17) is 14.2 Å². The molecular weight excluding hydrogens is 318 g/mol. The lowest BCUT2D eigenvalue weighted by Crippen LogP contribution is -2.30. The molecule has 0 aromatic heterocycles. The second-order valence-corrected chi connectivity index (χ2v) is 5.79. The fraction of sp³-hybridized carbons (Fsp3) is 0.150. The minimum absolute atomic E-state index is 0.202. The van der Waals surface area contributed by atoms with Gasteiger partial charge in [0.05, 0.1) is 0 Å². The number of carbonyl (C=O) groups excluding carboxylic acids is 1. The first-order valence-electron chi connectivity index (χ1n) is 8.05. The smallest absolute Gasteiger partial charge is 0.265 e. The number of amides is 1. The van der Waals surface area contributed by atoms with Crippen molar-refractivity contribution in [2.45, 2.75) is 13.0 Å². The van der Waals surface area contributed by atoms with Crippen LogP contribution in [0.1, 0.15) is 6.92 Å². The highest BCUT2D eigenvalue weighted by Gasteiger charge is 2.18. The Morgan fingerprint density at radius 2 is 1.84 bits per heavy atom. The van der Waals surface area contributed by atoms with E-state index >= 15 is 0 Å². The number of benzene rings is 3. The Kier molecular flexibility index (Phi) is 3.90. The summed E-state index contributed by atoms with van der Waals surface area (Å²) in [5.41, 5.74) is 0.641. The van der Waals surface area contributed by atoms with Crippen molar-refractivity contribution in [3.8, 4) is 17.2 Å². The predicted octanol–water partition coefficient (Wildman–Crippen LogP) is 3.97. The molecule has 0 aliphatic carbocycles. The third-order valence-corrected chi connectivity index (χ3v) is 4.06. The Balaban J connectivity index is 1.48. The fourth-order valence-electron chi connectivity index (χ4n) is 2.76. The molecule has 1 N–H and O–H groups in total. The molecular formula is C20H17NO4. The van der Waals surface area contributed by atoms with Crippen molar-refractivity contribution >= 4 is 22.4 Å². The first kappa shape index (κ1) is 15.3. The standard InChI is InChI=1S/C20H17NO4/c1-13(25-17-8-4-6-14-5-2-3-7-16(14)17)20(22)21-15-9-10-18-19(11-15)24-12-23-18/h2-11,13H,12H2,1H3,(H,21,22)/t13-/m0/s1. The number of hydrogen-bond acceptors (Lipinski definition) is 4. The molecule has 0 fully saturated rings. The molecule has 1 heterocycles. The van der Waals surface area contributed by atoms with Gasteiger partial charge in [-0.25, -0.2) is 0 Å². The molecule has 0 spiro atoms. The van der Waals surface area contributed by atoms with Gasteiger partial charge in [-0.1, -0.05) is 36.4 Å². The van der Waals surface area contributed by atoms with E-state index in [2.05, 4.69) is 5.32 Å². The highest BCUT2D eigenvalue weighted by Crippen LogP contribution is 2.34. The first-order chi connectivity index (χ1) is 12.2. The third-order valence-electron chi connectivity index (χ3n) is 4.06. The van der Waals surface area contributed by atoms with Gasteiger partial charge in [0.15, 0.2) is 17.6 Å². The number of ether oxygens (including phenoxy) is 3. The normalized spacial score (nSPS) is 13.5. The van der Waals surface area contributed by atoms with Gasteiger partial charge >= 0.3 is 0 Å². The highest BCUT2D eigenvalue weighted by molar-refractivity contribution is 5.95. The van der Waals surface area contributed by atoms with Crippen LogP contribution in [0.15, 0.2) is 60.7 Å². The number of fused-ring (bicyclic) bond motifs is 2. The van der Waals surface area contributed by atoms with Gasteiger partial charge in [-0.05, 0) is 30.5 Å². The minimum Gasteiger partial charge on any atom is -0.480 e. The molecule has 4 rings (SSSR count). The molecule has 1 atom stereocenters. The molecule has 126 valence electrons. The topological polar surface area (TPSA) is 56.8 Å². The lowest BCUT2D eigenvalue weighted by atomic mass is 10.1. The van der Waals surface area contributed by atoms with Crippen LogP contribution in [0.3, 0.4) is 0 Å². The van der Waals surface area contributed by atoms with Gasteiger partial charge in [0, 0.05) is 17.1 Å². The summed E-state index contributed by atoms with van der Waals surface area (Å²) in [5, 5.41) is 4.89. The van der Waals surface area contributed by atoms with Crippen LogP contribution in [0.5, 0.6) is 17.2 Å². The van der Waals surface area contributed by atoms with Gasteiger partial charge in [0.1, 0.15) is 5.75 Å². The molecule has 5 nitrogen and oxygen atoms in total. The molecule has 25 heavy (non-hydrogen) atoms. The van der Waals surface area contributed by atoms with Crippen LogP contribution in [-0.2, 0) is 4.79 Å². The van der Waals surface area contributed by atoms with Crippen LogP contribution >= 0.6 is 0 Å². The Morgan fingerprint density at radius 3 is 2.76 bits per heavy atom. The van der Waals surface area contributed by atoms with Gasteiger partial charge in [-0.3, -0.25) is 4.79 Å². The van der Waals surface area contributed by atoms with Crippen LogP contribution in [0.25, 0.3) is 10.8 Å². The summed E-state index contributed by atoms with van der Waals surface area (Å²) in [6.45, 7) is 1.93. The second kappa shape index (κ2) is 6.36. The fourth-order valence-corrected chi connectivity index (χ4v) is 2.76. The number of rotatable bonds is 4. The SMILES string of the molecule is C[C@H](Oc1cccc2ccccc12)C(=O)Nc1ccc2c(c1)OCO2. The third kappa shape index (κ3) is 3.08. The average Bonchev–Trinajstić information content (AvgIpc) is 3.10. The molecule has 1 amide bonds. The maximum absolute atomic E-state index is 12.4. The monoisotopic (exact) mass is 335 g/mol. The summed E-state index contributed by atoms with van der Waals surface area (Å²) in [5.74, 6) is 1.76. The zero-order chi connectivity index (χ0) is 17.2. The van der Waals surface area contributed by atoms with Crippen LogP contribution in [0.2, 0.25) is 0 Å². The summed E-state index contributed by atoms with van der Waals surface area (Å²) in [6, 6.07) is 19.0. The van der Waals surface area contributed by atoms with Crippen molar-refractivity contribution in [1.82, 2.24) is 0 Å². The average molecular weight is 335 g/mol. The Labute approximate surface area is 145 Å². The zero-order valence-electron chi connectivity index (χ0n) is 13.7. The van der Waals surface area contributed by atoms with Crippen molar-refractivity contribution in [3.63, 3.8) is 0 Å². The maximum atomic E-state index is 12.4. The molecule has 0 saturated carbocycles. The van der Waals surface area contributed by atoms with E-state index in [9.17, 15) is 4.79 Å². The maximum Gasteiger partial charge on any atom is 0.265 e. The summed E-state index contributed by atoms with van der Waals surface area (Å²) < 4.78 is 16.5. The van der Waals surface area contributed by atoms with E-state index < -0.39 is 6.10 Å². The number of nitrogens with one attached hydrogen (secondary N) is 1. The van der Waals surface area contributed by atoms with E-state index in [1.807, 2.05) is 42.5 Å². The Morgan fingerprint density at radius 1 is 1.04 bits per heavy atom. The van der Waals surface area contributed by atoms with Crippen molar-refractivity contribution in [2.24, 2.45) is 0 Å². The van der Waals surface area contributed by atoms with Crippen LogP contribution in [0, 0.1) is 0 Å². The zero-order valence-corrected chi connectivity index (χ0v) is 13.7. The predicted molar refractivity (Wildman–Crippen MR) is 95.2 cm³/mol. The number of anilines is 1. The largest absolute Gasteiger partial charge is 0.480 e. The van der Waals surface area contributed by atoms with Crippen molar-refractivity contribution in [3.05, 3.63) is 60.7 Å². The quantitative estimate of drug-likeness (QED) is 0.784. The van der Waals surface area contributed by atoms with Crippen molar-refractivity contribution < 1.29 is 19.0 Å². The lowest BCUT2D eigenvalue weighted by Gasteiger charge is -2.16.